The molecule has 4 aliphatic carbocycles. The molecule has 4 bridgehead atoms. The van der Waals surface area contributed by atoms with Gasteiger partial charge in [0.2, 0.25) is 8.32 Å². The van der Waals surface area contributed by atoms with E-state index in [1.165, 1.54) is 32.1 Å². The van der Waals surface area contributed by atoms with Crippen molar-refractivity contribution >= 4 is 31.5 Å². The van der Waals surface area contributed by atoms with Crippen LogP contribution >= 0.6 is 23.2 Å². The van der Waals surface area contributed by atoms with Gasteiger partial charge in [0, 0.05) is 5.03 Å². The van der Waals surface area contributed by atoms with Gasteiger partial charge in [-0.1, -0.05) is 65.6 Å². The number of fused-ring (bicyclic) bond motifs is 4. The van der Waals surface area contributed by atoms with Crippen LogP contribution in [0.1, 0.15) is 73.6 Å². The molecule has 0 aliphatic heterocycles. The maximum Gasteiger partial charge on any atom is 0.200 e. The molecule has 0 amide bonds. The van der Waals surface area contributed by atoms with Crippen molar-refractivity contribution in [1.29, 1.82) is 0 Å². The van der Waals surface area contributed by atoms with Crippen LogP contribution in [-0.2, 0) is 4.43 Å². The molecule has 0 aromatic rings. The van der Waals surface area contributed by atoms with Crippen LogP contribution in [0, 0.1) is 29.1 Å². The van der Waals surface area contributed by atoms with E-state index in [-0.39, 0.29) is 5.38 Å². The topological polar surface area (TPSA) is 9.23 Å². The third-order valence-corrected chi connectivity index (χ3v) is 16.0. The summed E-state index contributed by atoms with van der Waals surface area (Å²) >= 11 is 13.6. The third kappa shape index (κ3) is 2.87. The molecule has 0 aromatic carbocycles. The SMILES string of the molecule is CC(C)[Si](OC1C2CCCC1C1[C@@H](Cl)C(Cl)=CC2C12CC2)(C(C)C)C(C)C. The van der Waals surface area contributed by atoms with Gasteiger partial charge < -0.3 is 4.43 Å². The molecule has 1 nitrogen and oxygen atoms in total. The normalized spacial score (nSPS) is 40.0. The van der Waals surface area contributed by atoms with Crippen LogP contribution in [0.2, 0.25) is 16.6 Å². The van der Waals surface area contributed by atoms with Crippen molar-refractivity contribution in [2.24, 2.45) is 29.1 Å². The second-order valence-corrected chi connectivity index (χ2v) is 17.2. The summed E-state index contributed by atoms with van der Waals surface area (Å²) in [7, 11) is -1.89. The Hall–Kier alpha value is 0.497. The fourth-order valence-corrected chi connectivity index (χ4v) is 14.4. The van der Waals surface area contributed by atoms with Crippen molar-refractivity contribution in [3.8, 4) is 0 Å². The minimum Gasteiger partial charge on any atom is -0.413 e. The highest BCUT2D eigenvalue weighted by Gasteiger charge is 2.68. The molecule has 4 rings (SSSR count). The summed E-state index contributed by atoms with van der Waals surface area (Å²) in [4.78, 5) is 0. The highest BCUT2D eigenvalue weighted by Crippen LogP contribution is 2.72. The van der Waals surface area contributed by atoms with Crippen LogP contribution < -0.4 is 0 Å². The van der Waals surface area contributed by atoms with Crippen LogP contribution in [0.5, 0.6) is 0 Å². The Morgan fingerprint density at radius 2 is 1.56 bits per heavy atom. The summed E-state index contributed by atoms with van der Waals surface area (Å²) in [6, 6.07) is 0. The number of halogens is 2. The van der Waals surface area contributed by atoms with Gasteiger partial charge in [-0.3, -0.25) is 0 Å². The second-order valence-electron chi connectivity index (χ2n) is 10.9. The molecule has 154 valence electrons. The number of rotatable bonds is 5. The summed E-state index contributed by atoms with van der Waals surface area (Å²) < 4.78 is 7.48. The summed E-state index contributed by atoms with van der Waals surface area (Å²) in [5.41, 5.74) is 2.38. The van der Waals surface area contributed by atoms with Crippen molar-refractivity contribution in [3.05, 3.63) is 11.1 Å². The summed E-state index contributed by atoms with van der Waals surface area (Å²) in [6.07, 6.45) is 9.42. The fourth-order valence-electron chi connectivity index (χ4n) is 7.94. The number of hydrogen-bond acceptors (Lipinski definition) is 1. The van der Waals surface area contributed by atoms with E-state index in [4.69, 9.17) is 27.6 Å². The standard InChI is InChI=1S/C23H38Cl2OSi/c1-13(2)27(14(3)4,15(5)6)26-22-16-8-7-9-17(22)20-21(25)19(24)12-18(16)23(20)10-11-23/h12-18,20-22H,7-11H2,1-6H3/t16?,17?,18?,20?,21-,22?/m0/s1. The average Bonchev–Trinajstić information content (AvgIpc) is 3.36. The molecular weight excluding hydrogens is 391 g/mol. The molecule has 0 aromatic heterocycles. The molecule has 6 atom stereocenters. The van der Waals surface area contributed by atoms with E-state index in [2.05, 4.69) is 47.6 Å². The lowest BCUT2D eigenvalue weighted by Gasteiger charge is -2.60. The Balaban J connectivity index is 1.74. The van der Waals surface area contributed by atoms with Crippen LogP contribution in [0.4, 0.5) is 0 Å². The van der Waals surface area contributed by atoms with Gasteiger partial charge in [-0.15, -0.1) is 11.6 Å². The Kier molecular flexibility index (Phi) is 5.41. The highest BCUT2D eigenvalue weighted by molar-refractivity contribution is 6.77. The van der Waals surface area contributed by atoms with Crippen molar-refractivity contribution in [2.45, 2.75) is 102 Å². The van der Waals surface area contributed by atoms with Gasteiger partial charge >= 0.3 is 0 Å². The summed E-state index contributed by atoms with van der Waals surface area (Å²) in [5.74, 6) is 2.39. The van der Waals surface area contributed by atoms with E-state index < -0.39 is 8.32 Å². The highest BCUT2D eigenvalue weighted by atomic mass is 35.5. The summed E-state index contributed by atoms with van der Waals surface area (Å²) in [6.45, 7) is 14.5. The average molecular weight is 430 g/mol. The smallest absolute Gasteiger partial charge is 0.200 e. The first kappa shape index (κ1) is 20.8. The summed E-state index contributed by atoms with van der Waals surface area (Å²) in [5, 5.41) is 0.938. The van der Waals surface area contributed by atoms with E-state index >= 15 is 0 Å². The molecule has 0 heterocycles. The minimum atomic E-state index is -1.89. The zero-order valence-corrected chi connectivity index (χ0v) is 20.5. The monoisotopic (exact) mass is 428 g/mol. The Morgan fingerprint density at radius 3 is 2.07 bits per heavy atom. The van der Waals surface area contributed by atoms with E-state index in [0.717, 1.165) is 5.03 Å². The molecule has 0 saturated heterocycles. The molecular formula is C23H38Cl2OSi. The first-order valence-electron chi connectivity index (χ1n) is 11.4. The minimum absolute atomic E-state index is 0.00813. The quantitative estimate of drug-likeness (QED) is 0.321. The number of hydrogen-bond donors (Lipinski definition) is 0. The molecule has 5 unspecified atom stereocenters. The third-order valence-electron chi connectivity index (χ3n) is 8.96. The Labute approximate surface area is 177 Å². The van der Waals surface area contributed by atoms with E-state index in [1.807, 2.05) is 0 Å². The van der Waals surface area contributed by atoms with Gasteiger partial charge in [-0.05, 0) is 71.4 Å². The van der Waals surface area contributed by atoms with Gasteiger partial charge in [0.15, 0.2) is 0 Å². The Morgan fingerprint density at radius 1 is 1.00 bits per heavy atom. The molecule has 0 N–H and O–H groups in total. The zero-order valence-electron chi connectivity index (χ0n) is 18.0. The van der Waals surface area contributed by atoms with Gasteiger partial charge in [0.25, 0.3) is 0 Å². The molecule has 3 fully saturated rings. The first-order chi connectivity index (χ1) is 12.7. The number of allylic oxidation sites excluding steroid dienone is 2. The molecule has 4 heteroatoms. The van der Waals surface area contributed by atoms with Gasteiger partial charge in [-0.2, -0.15) is 0 Å². The first-order valence-corrected chi connectivity index (χ1v) is 14.3. The fraction of sp³-hybridized carbons (Fsp3) is 0.913. The van der Waals surface area contributed by atoms with Crippen molar-refractivity contribution < 1.29 is 4.43 Å². The lowest BCUT2D eigenvalue weighted by molar-refractivity contribution is -0.101. The molecule has 1 spiro atoms. The molecule has 3 saturated carbocycles. The van der Waals surface area contributed by atoms with Crippen LogP contribution in [0.3, 0.4) is 0 Å². The number of alkyl halides is 1. The molecule has 4 aliphatic rings. The maximum atomic E-state index is 7.48. The predicted octanol–water partition coefficient (Wildman–Crippen LogP) is 7.73. The van der Waals surface area contributed by atoms with Gasteiger partial charge in [0.05, 0.1) is 11.5 Å². The second kappa shape index (κ2) is 7.03. The van der Waals surface area contributed by atoms with E-state index in [1.54, 1.807) is 0 Å². The van der Waals surface area contributed by atoms with E-state index in [9.17, 15) is 0 Å². The lowest BCUT2D eigenvalue weighted by Crippen LogP contribution is -2.62. The van der Waals surface area contributed by atoms with Crippen molar-refractivity contribution in [2.75, 3.05) is 0 Å². The molecule has 0 radical (unpaired) electrons. The Bertz CT molecular complexity index is 588. The van der Waals surface area contributed by atoms with Gasteiger partial charge in [-0.25, -0.2) is 0 Å². The lowest BCUT2D eigenvalue weighted by atomic mass is 9.51. The van der Waals surface area contributed by atoms with Crippen LogP contribution in [-0.4, -0.2) is 19.8 Å². The molecule has 27 heavy (non-hydrogen) atoms. The van der Waals surface area contributed by atoms with Crippen molar-refractivity contribution in [3.63, 3.8) is 0 Å². The maximum absolute atomic E-state index is 7.48. The van der Waals surface area contributed by atoms with Gasteiger partial charge in [0.1, 0.15) is 0 Å². The van der Waals surface area contributed by atoms with E-state index in [0.29, 0.717) is 51.8 Å². The zero-order chi connectivity index (χ0) is 19.7. The largest absolute Gasteiger partial charge is 0.413 e. The predicted molar refractivity (Wildman–Crippen MR) is 119 cm³/mol. The van der Waals surface area contributed by atoms with Crippen molar-refractivity contribution in [1.82, 2.24) is 0 Å². The van der Waals surface area contributed by atoms with Crippen LogP contribution in [0.25, 0.3) is 0 Å². The van der Waals surface area contributed by atoms with Crippen LogP contribution in [0.15, 0.2) is 11.1 Å².